The molecule has 0 aliphatic carbocycles. The molecule has 0 saturated heterocycles. The third-order valence-corrected chi connectivity index (χ3v) is 3.58. The van der Waals surface area contributed by atoms with Gasteiger partial charge in [0.1, 0.15) is 5.69 Å². The quantitative estimate of drug-likeness (QED) is 0.860. The van der Waals surface area contributed by atoms with E-state index in [1.165, 1.54) is 12.3 Å². The number of anilines is 2. The number of carbonyl (C=O) groups excluding carboxylic acids is 1. The Morgan fingerprint density at radius 3 is 2.77 bits per heavy atom. The summed E-state index contributed by atoms with van der Waals surface area (Å²) < 4.78 is 0. The molecule has 1 amide bonds. The average Bonchev–Trinajstić information content (AvgIpc) is 2.50. The molecule has 7 heteroatoms. The number of amides is 1. The highest BCUT2D eigenvalue weighted by molar-refractivity contribution is 6.44. The van der Waals surface area contributed by atoms with Crippen molar-refractivity contribution in [3.05, 3.63) is 46.2 Å². The van der Waals surface area contributed by atoms with Crippen LogP contribution in [-0.4, -0.2) is 22.4 Å². The van der Waals surface area contributed by atoms with Crippen molar-refractivity contribution < 1.29 is 4.79 Å². The molecule has 116 valence electrons. The van der Waals surface area contributed by atoms with Gasteiger partial charge in [0.05, 0.1) is 15.7 Å². The maximum atomic E-state index is 12.2. The summed E-state index contributed by atoms with van der Waals surface area (Å²) in [5.41, 5.74) is 0.687. The number of halogens is 2. The Morgan fingerprint density at radius 1 is 1.27 bits per heavy atom. The van der Waals surface area contributed by atoms with Gasteiger partial charge in [-0.05, 0) is 24.1 Å². The number of nitrogens with one attached hydrogen (secondary N) is 2. The fraction of sp³-hybridized carbons (Fsp3) is 0.267. The Bertz CT molecular complexity index is 676. The second-order valence-corrected chi connectivity index (χ2v) is 5.88. The lowest BCUT2D eigenvalue weighted by atomic mass is 10.2. The monoisotopic (exact) mass is 338 g/mol. The van der Waals surface area contributed by atoms with Gasteiger partial charge in [-0.15, -0.1) is 0 Å². The van der Waals surface area contributed by atoms with Crippen LogP contribution in [0.4, 0.5) is 11.6 Å². The van der Waals surface area contributed by atoms with Gasteiger partial charge in [0.2, 0.25) is 5.95 Å². The van der Waals surface area contributed by atoms with Crippen LogP contribution >= 0.6 is 23.2 Å². The van der Waals surface area contributed by atoms with E-state index in [1.54, 1.807) is 18.2 Å². The highest BCUT2D eigenvalue weighted by Gasteiger charge is 2.12. The van der Waals surface area contributed by atoms with E-state index in [4.69, 9.17) is 23.2 Å². The number of rotatable bonds is 5. The number of aromatic nitrogens is 2. The summed E-state index contributed by atoms with van der Waals surface area (Å²) >= 11 is 12.0. The van der Waals surface area contributed by atoms with E-state index in [2.05, 4.69) is 34.4 Å². The van der Waals surface area contributed by atoms with Crippen LogP contribution in [0.15, 0.2) is 30.5 Å². The first-order valence-electron chi connectivity index (χ1n) is 6.79. The van der Waals surface area contributed by atoms with Gasteiger partial charge in [0.25, 0.3) is 5.91 Å². The third-order valence-electron chi connectivity index (χ3n) is 2.76. The third kappa shape index (κ3) is 4.32. The molecule has 0 saturated carbocycles. The van der Waals surface area contributed by atoms with Crippen LogP contribution in [-0.2, 0) is 0 Å². The topological polar surface area (TPSA) is 66.9 Å². The molecule has 5 nitrogen and oxygen atoms in total. The lowest BCUT2D eigenvalue weighted by Crippen LogP contribution is -2.16. The Balaban J connectivity index is 2.12. The normalized spacial score (nSPS) is 10.6. The van der Waals surface area contributed by atoms with Gasteiger partial charge in [-0.25, -0.2) is 9.97 Å². The van der Waals surface area contributed by atoms with E-state index in [-0.39, 0.29) is 11.6 Å². The smallest absolute Gasteiger partial charge is 0.274 e. The summed E-state index contributed by atoms with van der Waals surface area (Å²) in [5, 5.41) is 6.43. The minimum atomic E-state index is -0.376. The number of benzene rings is 1. The molecular formula is C15H16Cl2N4O. The number of nitrogens with zero attached hydrogens (tertiary/aromatic N) is 2. The fourth-order valence-electron chi connectivity index (χ4n) is 1.65. The van der Waals surface area contributed by atoms with Crippen LogP contribution < -0.4 is 10.6 Å². The Labute approximate surface area is 139 Å². The van der Waals surface area contributed by atoms with Crippen LogP contribution in [0.3, 0.4) is 0 Å². The van der Waals surface area contributed by atoms with Crippen molar-refractivity contribution >= 4 is 40.7 Å². The SMILES string of the molecule is CC(C)CNc1nccc(C(=O)Nc2cccc(Cl)c2Cl)n1. The number of hydrogen-bond acceptors (Lipinski definition) is 4. The predicted octanol–water partition coefficient (Wildman–Crippen LogP) is 4.10. The summed E-state index contributed by atoms with van der Waals surface area (Å²) in [6, 6.07) is 6.57. The van der Waals surface area contributed by atoms with Crippen molar-refractivity contribution in [1.29, 1.82) is 0 Å². The van der Waals surface area contributed by atoms with Crippen molar-refractivity contribution in [2.24, 2.45) is 5.92 Å². The van der Waals surface area contributed by atoms with Gasteiger partial charge in [-0.3, -0.25) is 4.79 Å². The van der Waals surface area contributed by atoms with Crippen molar-refractivity contribution in [1.82, 2.24) is 9.97 Å². The van der Waals surface area contributed by atoms with Gasteiger partial charge in [-0.1, -0.05) is 43.1 Å². The zero-order valence-corrected chi connectivity index (χ0v) is 13.7. The molecule has 1 aromatic heterocycles. The molecule has 0 spiro atoms. The molecule has 1 aromatic carbocycles. The van der Waals surface area contributed by atoms with Crippen LogP contribution in [0.2, 0.25) is 10.0 Å². The highest BCUT2D eigenvalue weighted by Crippen LogP contribution is 2.29. The maximum absolute atomic E-state index is 12.2. The molecule has 0 aliphatic rings. The minimum Gasteiger partial charge on any atom is -0.354 e. The zero-order valence-electron chi connectivity index (χ0n) is 12.2. The van der Waals surface area contributed by atoms with Crippen molar-refractivity contribution in [2.45, 2.75) is 13.8 Å². The van der Waals surface area contributed by atoms with Crippen molar-refractivity contribution in [3.8, 4) is 0 Å². The standard InChI is InChI=1S/C15H16Cl2N4O/c1-9(2)8-19-15-18-7-6-12(21-15)14(22)20-11-5-3-4-10(16)13(11)17/h3-7,9H,8H2,1-2H3,(H,20,22)(H,18,19,21). The first kappa shape index (κ1) is 16.5. The van der Waals surface area contributed by atoms with E-state index >= 15 is 0 Å². The van der Waals surface area contributed by atoms with Crippen molar-refractivity contribution in [2.75, 3.05) is 17.2 Å². The largest absolute Gasteiger partial charge is 0.354 e. The second kappa shape index (κ2) is 7.42. The second-order valence-electron chi connectivity index (χ2n) is 5.10. The van der Waals surface area contributed by atoms with Crippen LogP contribution in [0, 0.1) is 5.92 Å². The summed E-state index contributed by atoms with van der Waals surface area (Å²) in [4.78, 5) is 20.5. The predicted molar refractivity (Wildman–Crippen MR) is 89.8 cm³/mol. The molecule has 2 rings (SSSR count). The van der Waals surface area contributed by atoms with E-state index in [0.29, 0.717) is 27.6 Å². The Hall–Kier alpha value is -1.85. The van der Waals surface area contributed by atoms with Gasteiger partial charge < -0.3 is 10.6 Å². The Morgan fingerprint density at radius 2 is 2.05 bits per heavy atom. The molecule has 0 radical (unpaired) electrons. The molecule has 0 fully saturated rings. The first-order chi connectivity index (χ1) is 10.5. The maximum Gasteiger partial charge on any atom is 0.274 e. The van der Waals surface area contributed by atoms with E-state index in [1.807, 2.05) is 0 Å². The van der Waals surface area contributed by atoms with Crippen LogP contribution in [0.5, 0.6) is 0 Å². The van der Waals surface area contributed by atoms with Crippen molar-refractivity contribution in [3.63, 3.8) is 0 Å². The van der Waals surface area contributed by atoms with Crippen LogP contribution in [0.1, 0.15) is 24.3 Å². The van der Waals surface area contributed by atoms with E-state index in [0.717, 1.165) is 6.54 Å². The highest BCUT2D eigenvalue weighted by atomic mass is 35.5. The number of hydrogen-bond donors (Lipinski definition) is 2. The lowest BCUT2D eigenvalue weighted by Gasteiger charge is -2.10. The molecule has 0 unspecified atom stereocenters. The molecule has 0 atom stereocenters. The van der Waals surface area contributed by atoms with Crippen LogP contribution in [0.25, 0.3) is 0 Å². The minimum absolute atomic E-state index is 0.247. The average molecular weight is 339 g/mol. The first-order valence-corrected chi connectivity index (χ1v) is 7.55. The van der Waals surface area contributed by atoms with E-state index < -0.39 is 0 Å². The summed E-state index contributed by atoms with van der Waals surface area (Å²) in [5.74, 6) is 0.490. The molecule has 0 bridgehead atoms. The fourth-order valence-corrected chi connectivity index (χ4v) is 2.00. The molecule has 2 aromatic rings. The molecular weight excluding hydrogens is 323 g/mol. The summed E-state index contributed by atoms with van der Waals surface area (Å²) in [6.45, 7) is 4.88. The van der Waals surface area contributed by atoms with Gasteiger partial charge in [0, 0.05) is 12.7 Å². The molecule has 0 aliphatic heterocycles. The van der Waals surface area contributed by atoms with Gasteiger partial charge in [-0.2, -0.15) is 0 Å². The van der Waals surface area contributed by atoms with E-state index in [9.17, 15) is 4.79 Å². The number of carbonyl (C=O) groups is 1. The molecule has 1 heterocycles. The lowest BCUT2D eigenvalue weighted by molar-refractivity contribution is 0.102. The zero-order chi connectivity index (χ0) is 16.1. The van der Waals surface area contributed by atoms with Gasteiger partial charge in [0.15, 0.2) is 0 Å². The summed E-state index contributed by atoms with van der Waals surface area (Å²) in [6.07, 6.45) is 1.53. The summed E-state index contributed by atoms with van der Waals surface area (Å²) in [7, 11) is 0. The molecule has 22 heavy (non-hydrogen) atoms. The van der Waals surface area contributed by atoms with Gasteiger partial charge >= 0.3 is 0 Å². The Kier molecular flexibility index (Phi) is 5.57. The molecule has 2 N–H and O–H groups in total.